The van der Waals surface area contributed by atoms with Crippen LogP contribution in [0, 0.1) is 11.6 Å². The first-order chi connectivity index (χ1) is 8.26. The third kappa shape index (κ3) is 4.85. The van der Waals surface area contributed by atoms with Crippen LogP contribution < -0.4 is 11.1 Å². The maximum absolute atomic E-state index is 13.3. The highest BCUT2D eigenvalue weighted by Gasteiger charge is 2.28. The average Bonchev–Trinajstić information content (AvgIpc) is 2.31. The van der Waals surface area contributed by atoms with Gasteiger partial charge in [0, 0.05) is 0 Å². The van der Waals surface area contributed by atoms with Gasteiger partial charge in [0.25, 0.3) is 11.8 Å². The summed E-state index contributed by atoms with van der Waals surface area (Å²) in [5.74, 6) is -6.60. The summed E-state index contributed by atoms with van der Waals surface area (Å²) in [6, 6.07) is 1.13. The molecule has 0 spiro atoms. The summed E-state index contributed by atoms with van der Waals surface area (Å²) in [4.78, 5) is 11.4. The Morgan fingerprint density at radius 2 is 1.89 bits per heavy atom. The van der Waals surface area contributed by atoms with Gasteiger partial charge in [0.2, 0.25) is 0 Å². The van der Waals surface area contributed by atoms with Gasteiger partial charge in [0.15, 0.2) is 0 Å². The molecule has 0 fully saturated rings. The second kappa shape index (κ2) is 6.93. The Morgan fingerprint density at radius 1 is 1.32 bits per heavy atom. The van der Waals surface area contributed by atoms with Crippen LogP contribution in [0.3, 0.4) is 0 Å². The molecule has 9 heteroatoms. The lowest BCUT2D eigenvalue weighted by atomic mass is 10.2. The molecule has 0 bridgehead atoms. The molecule has 108 valence electrons. The first kappa shape index (κ1) is 17.9. The lowest BCUT2D eigenvalue weighted by molar-refractivity contribution is 0.0118. The molecule has 0 aromatic heterocycles. The normalized spacial score (nSPS) is 10.8. The highest BCUT2D eigenvalue weighted by atomic mass is 35.5. The first-order valence-corrected chi connectivity index (χ1v) is 5.15. The summed E-state index contributed by atoms with van der Waals surface area (Å²) >= 11 is 5.28. The molecule has 3 nitrogen and oxygen atoms in total. The standard InChI is InChI=1S/C10H9ClF4N2O.ClH/c11-6-2-7(12)5(1-8(6)13)9(18)17-4-10(14,15)3-16;/h1-2H,3-4,16H2,(H,17,18);1H. The van der Waals surface area contributed by atoms with Crippen molar-refractivity contribution in [2.75, 3.05) is 13.1 Å². The summed E-state index contributed by atoms with van der Waals surface area (Å²) < 4.78 is 51.8. The number of nitrogens with two attached hydrogens (primary N) is 1. The Morgan fingerprint density at radius 3 is 2.42 bits per heavy atom. The van der Waals surface area contributed by atoms with E-state index < -0.39 is 47.1 Å². The molecule has 19 heavy (non-hydrogen) atoms. The van der Waals surface area contributed by atoms with Crippen molar-refractivity contribution in [3.05, 3.63) is 34.4 Å². The van der Waals surface area contributed by atoms with Crippen molar-refractivity contribution in [1.29, 1.82) is 0 Å². The molecule has 3 N–H and O–H groups in total. The molecule has 0 aliphatic carbocycles. The third-order valence-electron chi connectivity index (χ3n) is 2.06. The van der Waals surface area contributed by atoms with Crippen molar-refractivity contribution < 1.29 is 22.4 Å². The Kier molecular flexibility index (Phi) is 6.54. The quantitative estimate of drug-likeness (QED) is 0.661. The Labute approximate surface area is 117 Å². The minimum absolute atomic E-state index is 0. The Bertz CT molecular complexity index is 471. The number of halogens is 6. The van der Waals surface area contributed by atoms with Gasteiger partial charge < -0.3 is 11.1 Å². The molecular formula is C10H10Cl2F4N2O. The minimum Gasteiger partial charge on any atom is -0.346 e. The number of carbonyl (C=O) groups is 1. The van der Waals surface area contributed by atoms with Gasteiger partial charge in [-0.1, -0.05) is 11.6 Å². The molecule has 0 radical (unpaired) electrons. The van der Waals surface area contributed by atoms with Gasteiger partial charge >= 0.3 is 0 Å². The van der Waals surface area contributed by atoms with E-state index in [9.17, 15) is 22.4 Å². The van der Waals surface area contributed by atoms with E-state index in [0.29, 0.717) is 12.1 Å². The van der Waals surface area contributed by atoms with Gasteiger partial charge in [-0.3, -0.25) is 4.79 Å². The molecule has 1 rings (SSSR count). The molecule has 0 atom stereocenters. The lowest BCUT2D eigenvalue weighted by Crippen LogP contribution is -2.41. The zero-order valence-corrected chi connectivity index (χ0v) is 10.9. The van der Waals surface area contributed by atoms with Crippen molar-refractivity contribution in [3.63, 3.8) is 0 Å². The Hall–Kier alpha value is -1.05. The molecule has 0 unspecified atom stereocenters. The zero-order valence-electron chi connectivity index (χ0n) is 9.35. The first-order valence-electron chi connectivity index (χ1n) is 4.77. The number of carbonyl (C=O) groups excluding carboxylic acids is 1. The summed E-state index contributed by atoms with van der Waals surface area (Å²) in [7, 11) is 0. The van der Waals surface area contributed by atoms with Gasteiger partial charge in [-0.2, -0.15) is 0 Å². The highest BCUT2D eigenvalue weighted by molar-refractivity contribution is 6.30. The molecule has 1 aromatic carbocycles. The molecule has 0 aliphatic heterocycles. The van der Waals surface area contributed by atoms with E-state index in [1.807, 2.05) is 0 Å². The predicted octanol–water partition coefficient (Wildman–Crippen LogP) is 2.36. The summed E-state index contributed by atoms with van der Waals surface area (Å²) in [5.41, 5.74) is 4.05. The molecule has 0 heterocycles. The molecule has 0 saturated carbocycles. The molecule has 0 saturated heterocycles. The van der Waals surface area contributed by atoms with E-state index in [0.717, 1.165) is 0 Å². The van der Waals surface area contributed by atoms with Crippen LogP contribution in [0.15, 0.2) is 12.1 Å². The maximum atomic E-state index is 13.3. The molecule has 1 amide bonds. The number of hydrogen-bond donors (Lipinski definition) is 2. The lowest BCUT2D eigenvalue weighted by Gasteiger charge is -2.14. The van der Waals surface area contributed by atoms with Crippen LogP contribution >= 0.6 is 24.0 Å². The SMILES string of the molecule is Cl.NCC(F)(F)CNC(=O)c1cc(F)c(Cl)cc1F. The van der Waals surface area contributed by atoms with Crippen LogP contribution in [-0.4, -0.2) is 24.9 Å². The summed E-state index contributed by atoms with van der Waals surface area (Å²) in [5, 5.41) is 1.26. The van der Waals surface area contributed by atoms with Crippen LogP contribution in [0.25, 0.3) is 0 Å². The Balaban J connectivity index is 0.00000324. The van der Waals surface area contributed by atoms with E-state index >= 15 is 0 Å². The van der Waals surface area contributed by atoms with Gasteiger partial charge in [-0.15, -0.1) is 12.4 Å². The van der Waals surface area contributed by atoms with Crippen LogP contribution in [0.4, 0.5) is 17.6 Å². The number of benzene rings is 1. The van der Waals surface area contributed by atoms with Gasteiger partial charge in [-0.25, -0.2) is 17.6 Å². The fraction of sp³-hybridized carbons (Fsp3) is 0.300. The minimum atomic E-state index is -3.31. The predicted molar refractivity (Wildman–Crippen MR) is 65.0 cm³/mol. The number of alkyl halides is 2. The monoisotopic (exact) mass is 320 g/mol. The van der Waals surface area contributed by atoms with Crippen molar-refractivity contribution >= 4 is 29.9 Å². The third-order valence-corrected chi connectivity index (χ3v) is 2.35. The van der Waals surface area contributed by atoms with Crippen LogP contribution in [0.1, 0.15) is 10.4 Å². The second-order valence-corrected chi connectivity index (χ2v) is 3.90. The van der Waals surface area contributed by atoms with Crippen molar-refractivity contribution in [1.82, 2.24) is 5.32 Å². The molecule has 1 aromatic rings. The summed E-state index contributed by atoms with van der Waals surface area (Å²) in [6.45, 7) is -2.03. The molecule has 0 aliphatic rings. The van der Waals surface area contributed by atoms with E-state index in [4.69, 9.17) is 17.3 Å². The van der Waals surface area contributed by atoms with Crippen LogP contribution in [-0.2, 0) is 0 Å². The fourth-order valence-corrected chi connectivity index (χ4v) is 1.22. The molecular weight excluding hydrogens is 311 g/mol. The van der Waals surface area contributed by atoms with Crippen molar-refractivity contribution in [2.45, 2.75) is 5.92 Å². The summed E-state index contributed by atoms with van der Waals surface area (Å²) in [6.07, 6.45) is 0. The van der Waals surface area contributed by atoms with Crippen molar-refractivity contribution in [2.24, 2.45) is 5.73 Å². The number of hydrogen-bond acceptors (Lipinski definition) is 2. The van der Waals surface area contributed by atoms with Gasteiger partial charge in [-0.05, 0) is 12.1 Å². The van der Waals surface area contributed by atoms with Gasteiger partial charge in [0.1, 0.15) is 11.6 Å². The van der Waals surface area contributed by atoms with Crippen molar-refractivity contribution in [3.8, 4) is 0 Å². The topological polar surface area (TPSA) is 55.1 Å². The zero-order chi connectivity index (χ0) is 13.9. The van der Waals surface area contributed by atoms with E-state index in [2.05, 4.69) is 0 Å². The average molecular weight is 321 g/mol. The second-order valence-electron chi connectivity index (χ2n) is 3.49. The maximum Gasteiger partial charge on any atom is 0.277 e. The van der Waals surface area contributed by atoms with E-state index in [-0.39, 0.29) is 12.4 Å². The van der Waals surface area contributed by atoms with E-state index in [1.165, 1.54) is 0 Å². The van der Waals surface area contributed by atoms with Crippen LogP contribution in [0.5, 0.6) is 0 Å². The van der Waals surface area contributed by atoms with Crippen LogP contribution in [0.2, 0.25) is 5.02 Å². The van der Waals surface area contributed by atoms with Gasteiger partial charge in [0.05, 0.1) is 23.7 Å². The fourth-order valence-electron chi connectivity index (χ4n) is 1.07. The smallest absolute Gasteiger partial charge is 0.277 e. The largest absolute Gasteiger partial charge is 0.346 e. The van der Waals surface area contributed by atoms with E-state index in [1.54, 1.807) is 5.32 Å². The highest BCUT2D eigenvalue weighted by Crippen LogP contribution is 2.19. The number of amides is 1. The number of rotatable bonds is 4. The number of nitrogens with one attached hydrogen (secondary N) is 1.